The molecule has 1 N–H and O–H groups in total. The summed E-state index contributed by atoms with van der Waals surface area (Å²) < 4.78 is 11.4. The Morgan fingerprint density at radius 3 is 1.88 bits per heavy atom. The summed E-state index contributed by atoms with van der Waals surface area (Å²) in [7, 11) is -2.28. The highest BCUT2D eigenvalue weighted by Gasteiger charge is 2.30. The van der Waals surface area contributed by atoms with Gasteiger partial charge in [-0.2, -0.15) is 4.89 Å². The third-order valence-corrected chi connectivity index (χ3v) is 3.68. The van der Waals surface area contributed by atoms with E-state index in [1.54, 1.807) is 6.07 Å². The lowest BCUT2D eigenvalue weighted by Crippen LogP contribution is -2.23. The molecule has 0 aliphatic carbocycles. The number of hydrogen-bond acceptors (Lipinski definition) is 1. The lowest BCUT2D eigenvalue weighted by molar-refractivity contribution is 0.510. The molecule has 1 aromatic rings. The standard InChI is InChI=1S/C14H21O2P/c1-13(2,3)10-7-8-12(17(15)16)11(9-10)14(4,5)6/h7-9H,1-6H3/p+1. The van der Waals surface area contributed by atoms with Crippen molar-refractivity contribution in [3.05, 3.63) is 29.3 Å². The van der Waals surface area contributed by atoms with E-state index < -0.39 is 8.03 Å². The predicted octanol–water partition coefficient (Wildman–Crippen LogP) is 3.64. The molecule has 0 spiro atoms. The second-order valence-electron chi connectivity index (χ2n) is 6.50. The molecule has 1 unspecified atom stereocenters. The van der Waals surface area contributed by atoms with Crippen molar-refractivity contribution < 1.29 is 9.46 Å². The van der Waals surface area contributed by atoms with Gasteiger partial charge in [-0.05, 0) is 27.0 Å². The highest BCUT2D eigenvalue weighted by atomic mass is 31.1. The average molecular weight is 253 g/mol. The first-order valence-corrected chi connectivity index (χ1v) is 7.06. The van der Waals surface area contributed by atoms with Gasteiger partial charge in [0.05, 0.1) is 0 Å². The van der Waals surface area contributed by atoms with Gasteiger partial charge in [-0.15, -0.1) is 0 Å². The quantitative estimate of drug-likeness (QED) is 0.776. The van der Waals surface area contributed by atoms with Crippen LogP contribution in [0.5, 0.6) is 0 Å². The van der Waals surface area contributed by atoms with Crippen LogP contribution in [0.15, 0.2) is 18.2 Å². The van der Waals surface area contributed by atoms with E-state index in [9.17, 15) is 9.46 Å². The van der Waals surface area contributed by atoms with E-state index in [4.69, 9.17) is 0 Å². The second kappa shape index (κ2) is 4.51. The monoisotopic (exact) mass is 253 g/mol. The van der Waals surface area contributed by atoms with E-state index in [0.717, 1.165) is 5.56 Å². The molecule has 0 saturated heterocycles. The van der Waals surface area contributed by atoms with E-state index in [1.807, 2.05) is 6.07 Å². The molecule has 0 fully saturated rings. The normalized spacial score (nSPS) is 13.7. The lowest BCUT2D eigenvalue weighted by Gasteiger charge is -2.24. The van der Waals surface area contributed by atoms with E-state index in [2.05, 4.69) is 47.6 Å². The molecular weight excluding hydrogens is 231 g/mol. The number of rotatable bonds is 1. The Morgan fingerprint density at radius 1 is 1.00 bits per heavy atom. The maximum absolute atomic E-state index is 11.4. The van der Waals surface area contributed by atoms with Crippen molar-refractivity contribution in [2.45, 2.75) is 52.4 Å². The first-order chi connectivity index (χ1) is 7.53. The Labute approximate surface area is 105 Å². The Hall–Kier alpha value is -0.720. The summed E-state index contributed by atoms with van der Waals surface area (Å²) in [6.45, 7) is 12.6. The molecule has 0 aromatic heterocycles. The fraction of sp³-hybridized carbons (Fsp3) is 0.571. The third-order valence-electron chi connectivity index (χ3n) is 2.88. The van der Waals surface area contributed by atoms with E-state index in [0.29, 0.717) is 5.30 Å². The molecule has 1 aromatic carbocycles. The summed E-state index contributed by atoms with van der Waals surface area (Å²) in [6, 6.07) is 5.81. The predicted molar refractivity (Wildman–Crippen MR) is 73.3 cm³/mol. The summed E-state index contributed by atoms with van der Waals surface area (Å²) in [5.41, 5.74) is 2.10. The van der Waals surface area contributed by atoms with E-state index in [-0.39, 0.29) is 10.8 Å². The largest absolute Gasteiger partial charge is 0.546 e. The summed E-state index contributed by atoms with van der Waals surface area (Å²) in [6.07, 6.45) is 0. The smallest absolute Gasteiger partial charge is 0.156 e. The summed E-state index contributed by atoms with van der Waals surface area (Å²) in [4.78, 5) is 9.37. The minimum absolute atomic E-state index is 0.0552. The summed E-state index contributed by atoms with van der Waals surface area (Å²) in [5, 5.41) is 0.556. The van der Waals surface area contributed by atoms with Crippen LogP contribution in [0.3, 0.4) is 0 Å². The summed E-state index contributed by atoms with van der Waals surface area (Å²) >= 11 is 0. The highest BCUT2D eigenvalue weighted by Crippen LogP contribution is 2.31. The third kappa shape index (κ3) is 3.37. The number of benzene rings is 1. The fourth-order valence-corrected chi connectivity index (χ4v) is 2.58. The molecule has 0 aliphatic rings. The van der Waals surface area contributed by atoms with E-state index >= 15 is 0 Å². The fourth-order valence-electron chi connectivity index (χ4n) is 1.77. The van der Waals surface area contributed by atoms with Gasteiger partial charge in [0.15, 0.2) is 0 Å². The maximum atomic E-state index is 11.4. The average Bonchev–Trinajstić information content (AvgIpc) is 2.14. The van der Waals surface area contributed by atoms with Gasteiger partial charge in [0.1, 0.15) is 0 Å². The molecule has 94 valence electrons. The van der Waals surface area contributed by atoms with Crippen molar-refractivity contribution in [2.75, 3.05) is 0 Å². The first-order valence-electron chi connectivity index (χ1n) is 5.84. The van der Waals surface area contributed by atoms with Crippen molar-refractivity contribution in [3.63, 3.8) is 0 Å². The Kier molecular flexibility index (Phi) is 3.81. The topological polar surface area (TPSA) is 37.3 Å². The zero-order chi connectivity index (χ0) is 13.4. The molecule has 17 heavy (non-hydrogen) atoms. The molecule has 0 bridgehead atoms. The van der Waals surface area contributed by atoms with Crippen LogP contribution in [0.1, 0.15) is 52.7 Å². The zero-order valence-corrected chi connectivity index (χ0v) is 12.4. The number of hydrogen-bond donors (Lipinski definition) is 1. The van der Waals surface area contributed by atoms with Gasteiger partial charge in [0.25, 0.3) is 0 Å². The molecule has 0 amide bonds. The van der Waals surface area contributed by atoms with Crippen molar-refractivity contribution in [1.82, 2.24) is 0 Å². The zero-order valence-electron chi connectivity index (χ0n) is 11.5. The molecule has 1 atom stereocenters. The second-order valence-corrected chi connectivity index (χ2v) is 7.53. The molecule has 2 nitrogen and oxygen atoms in total. The molecular formula is C14H22O2P+. The van der Waals surface area contributed by atoms with Crippen LogP contribution in [0.25, 0.3) is 0 Å². The maximum Gasteiger partial charge on any atom is 0.546 e. The molecule has 3 heteroatoms. The van der Waals surface area contributed by atoms with Crippen molar-refractivity contribution in [2.24, 2.45) is 0 Å². The minimum Gasteiger partial charge on any atom is -0.156 e. The van der Waals surface area contributed by atoms with Crippen LogP contribution in [0.2, 0.25) is 0 Å². The summed E-state index contributed by atoms with van der Waals surface area (Å²) in [5.74, 6) is 0. The van der Waals surface area contributed by atoms with Gasteiger partial charge in [-0.25, -0.2) is 0 Å². The minimum atomic E-state index is -2.28. The van der Waals surface area contributed by atoms with E-state index in [1.165, 1.54) is 5.56 Å². The first kappa shape index (κ1) is 14.3. The van der Waals surface area contributed by atoms with Crippen molar-refractivity contribution >= 4 is 13.3 Å². The lowest BCUT2D eigenvalue weighted by atomic mass is 9.81. The van der Waals surface area contributed by atoms with Gasteiger partial charge < -0.3 is 0 Å². The van der Waals surface area contributed by atoms with Crippen LogP contribution < -0.4 is 5.30 Å². The van der Waals surface area contributed by atoms with Crippen molar-refractivity contribution in [3.8, 4) is 0 Å². The van der Waals surface area contributed by atoms with Crippen LogP contribution in [0.4, 0.5) is 0 Å². The highest BCUT2D eigenvalue weighted by molar-refractivity contribution is 7.47. The van der Waals surface area contributed by atoms with Crippen LogP contribution >= 0.6 is 8.03 Å². The molecule has 0 aliphatic heterocycles. The van der Waals surface area contributed by atoms with Crippen LogP contribution in [0, 0.1) is 0 Å². The molecule has 0 radical (unpaired) electrons. The van der Waals surface area contributed by atoms with Gasteiger partial charge in [-0.3, -0.25) is 0 Å². The van der Waals surface area contributed by atoms with Gasteiger partial charge in [0.2, 0.25) is 5.30 Å². The van der Waals surface area contributed by atoms with Gasteiger partial charge in [0, 0.05) is 5.56 Å². The Bertz CT molecular complexity index is 437. The SMILES string of the molecule is CC(C)(C)c1ccc([P+](=O)O)c(C(C)(C)C)c1. The van der Waals surface area contributed by atoms with Crippen molar-refractivity contribution in [1.29, 1.82) is 0 Å². The Balaban J connectivity index is 3.46. The van der Waals surface area contributed by atoms with Gasteiger partial charge >= 0.3 is 8.03 Å². The Morgan fingerprint density at radius 2 is 1.53 bits per heavy atom. The van der Waals surface area contributed by atoms with Crippen LogP contribution in [-0.4, -0.2) is 4.89 Å². The van der Waals surface area contributed by atoms with Gasteiger partial charge in [-0.1, -0.05) is 53.7 Å². The molecule has 0 saturated carbocycles. The van der Waals surface area contributed by atoms with Crippen LogP contribution in [-0.2, 0) is 15.4 Å². The molecule has 1 rings (SSSR count). The molecule has 0 heterocycles.